The molecule has 0 unspecified atom stereocenters. The van der Waals surface area contributed by atoms with E-state index in [9.17, 15) is 9.59 Å². The van der Waals surface area contributed by atoms with Crippen molar-refractivity contribution in [2.45, 2.75) is 77.7 Å². The van der Waals surface area contributed by atoms with E-state index >= 15 is 0 Å². The Morgan fingerprint density at radius 3 is 2.22 bits per heavy atom. The minimum atomic E-state index is -0.816. The van der Waals surface area contributed by atoms with Crippen molar-refractivity contribution < 1.29 is 19.4 Å². The van der Waals surface area contributed by atoms with Crippen molar-refractivity contribution >= 4 is 11.9 Å². The molecular formula is C14H26O4. The lowest BCUT2D eigenvalue weighted by molar-refractivity contribution is -0.157. The van der Waals surface area contributed by atoms with E-state index in [1.165, 1.54) is 0 Å². The van der Waals surface area contributed by atoms with E-state index in [0.717, 1.165) is 25.7 Å². The Bertz CT molecular complexity index is 259. The van der Waals surface area contributed by atoms with E-state index < -0.39 is 11.6 Å². The van der Waals surface area contributed by atoms with Crippen molar-refractivity contribution in [2.24, 2.45) is 0 Å². The molecule has 18 heavy (non-hydrogen) atoms. The normalized spacial score (nSPS) is 11.3. The van der Waals surface area contributed by atoms with Crippen LogP contribution in [0.1, 0.15) is 72.1 Å². The van der Waals surface area contributed by atoms with Crippen molar-refractivity contribution in [1.29, 1.82) is 0 Å². The first-order valence-corrected chi connectivity index (χ1v) is 6.81. The Labute approximate surface area is 110 Å². The highest BCUT2D eigenvalue weighted by molar-refractivity contribution is 5.70. The van der Waals surface area contributed by atoms with Crippen LogP contribution in [-0.4, -0.2) is 22.6 Å². The van der Waals surface area contributed by atoms with Gasteiger partial charge in [0.1, 0.15) is 5.60 Å². The zero-order valence-electron chi connectivity index (χ0n) is 11.8. The molecular weight excluding hydrogens is 232 g/mol. The van der Waals surface area contributed by atoms with Crippen LogP contribution in [0.2, 0.25) is 0 Å². The zero-order chi connectivity index (χ0) is 14.0. The van der Waals surface area contributed by atoms with E-state index in [-0.39, 0.29) is 12.4 Å². The molecule has 0 aliphatic carbocycles. The maximum Gasteiger partial charge on any atom is 0.306 e. The van der Waals surface area contributed by atoms with Crippen molar-refractivity contribution in [2.75, 3.05) is 0 Å². The number of hydrogen-bond donors (Lipinski definition) is 1. The second-order valence-corrected chi connectivity index (χ2v) is 5.29. The van der Waals surface area contributed by atoms with Gasteiger partial charge in [-0.3, -0.25) is 9.59 Å². The third kappa shape index (κ3) is 10.1. The maximum atomic E-state index is 11.6. The number of aliphatic carboxylic acids is 1. The van der Waals surface area contributed by atoms with Gasteiger partial charge in [0.25, 0.3) is 0 Å². The quantitative estimate of drug-likeness (QED) is 0.481. The highest BCUT2D eigenvalue weighted by atomic mass is 16.6. The van der Waals surface area contributed by atoms with E-state index in [1.807, 2.05) is 13.8 Å². The molecule has 0 fully saturated rings. The summed E-state index contributed by atoms with van der Waals surface area (Å²) < 4.78 is 5.41. The van der Waals surface area contributed by atoms with Crippen LogP contribution in [-0.2, 0) is 14.3 Å². The topological polar surface area (TPSA) is 63.6 Å². The number of rotatable bonds is 10. The molecule has 0 aromatic rings. The Balaban J connectivity index is 3.74. The predicted octanol–water partition coefficient (Wildman–Crippen LogP) is 3.53. The molecule has 0 amide bonds. The average Bonchev–Trinajstić information content (AvgIpc) is 2.23. The summed E-state index contributed by atoms with van der Waals surface area (Å²) in [5, 5.41) is 8.47. The van der Waals surface area contributed by atoms with Gasteiger partial charge in [-0.2, -0.15) is 0 Å². The van der Waals surface area contributed by atoms with Gasteiger partial charge in [0.2, 0.25) is 0 Å². The molecule has 0 saturated heterocycles. The van der Waals surface area contributed by atoms with Gasteiger partial charge >= 0.3 is 11.9 Å². The van der Waals surface area contributed by atoms with Gasteiger partial charge in [0.15, 0.2) is 0 Å². The summed E-state index contributed by atoms with van der Waals surface area (Å²) in [7, 11) is 0. The second kappa shape index (κ2) is 8.95. The summed E-state index contributed by atoms with van der Waals surface area (Å²) in [4.78, 5) is 21.9. The van der Waals surface area contributed by atoms with Crippen LogP contribution >= 0.6 is 0 Å². The van der Waals surface area contributed by atoms with Crippen LogP contribution in [0, 0.1) is 0 Å². The van der Waals surface area contributed by atoms with Crippen molar-refractivity contribution in [3.8, 4) is 0 Å². The summed E-state index contributed by atoms with van der Waals surface area (Å²) in [6.07, 6.45) is 5.78. The Hall–Kier alpha value is -1.06. The molecule has 4 heteroatoms. The molecule has 0 aromatic heterocycles. The molecule has 106 valence electrons. The van der Waals surface area contributed by atoms with Gasteiger partial charge in [-0.25, -0.2) is 0 Å². The third-order valence-electron chi connectivity index (χ3n) is 2.79. The summed E-state index contributed by atoms with van der Waals surface area (Å²) in [5.74, 6) is -1.04. The average molecular weight is 258 g/mol. The summed E-state index contributed by atoms with van der Waals surface area (Å²) in [5.41, 5.74) is -0.404. The van der Waals surface area contributed by atoms with Crippen LogP contribution < -0.4 is 0 Å². The summed E-state index contributed by atoms with van der Waals surface area (Å²) in [6, 6.07) is 0. The molecule has 0 aliphatic heterocycles. The van der Waals surface area contributed by atoms with Gasteiger partial charge in [-0.15, -0.1) is 0 Å². The van der Waals surface area contributed by atoms with E-state index in [0.29, 0.717) is 19.3 Å². The number of carbonyl (C=O) groups is 2. The zero-order valence-corrected chi connectivity index (χ0v) is 11.8. The van der Waals surface area contributed by atoms with Crippen LogP contribution in [0.15, 0.2) is 0 Å². The fourth-order valence-electron chi connectivity index (χ4n) is 1.76. The monoisotopic (exact) mass is 258 g/mol. The number of ether oxygens (including phenoxy) is 1. The first-order valence-electron chi connectivity index (χ1n) is 6.81. The number of carboxylic acids is 1. The summed E-state index contributed by atoms with van der Waals surface area (Å²) in [6.45, 7) is 6.00. The predicted molar refractivity (Wildman–Crippen MR) is 70.4 cm³/mol. The number of hydrogen-bond acceptors (Lipinski definition) is 3. The molecule has 0 saturated carbocycles. The minimum absolute atomic E-state index is 0.118. The first-order chi connectivity index (χ1) is 8.37. The smallest absolute Gasteiger partial charge is 0.306 e. The van der Waals surface area contributed by atoms with Crippen molar-refractivity contribution in [3.05, 3.63) is 0 Å². The molecule has 0 atom stereocenters. The van der Waals surface area contributed by atoms with Crippen LogP contribution in [0.5, 0.6) is 0 Å². The lowest BCUT2D eigenvalue weighted by atomic mass is 10.0. The number of carboxylic acid groups (broad SMARTS) is 1. The number of unbranched alkanes of at least 4 members (excludes halogenated alkanes) is 3. The molecule has 0 heterocycles. The molecule has 0 bridgehead atoms. The van der Waals surface area contributed by atoms with E-state index in [2.05, 4.69) is 6.92 Å². The first kappa shape index (κ1) is 16.9. The molecule has 0 spiro atoms. The molecule has 0 aromatic carbocycles. The highest BCUT2D eigenvalue weighted by Gasteiger charge is 2.21. The second-order valence-electron chi connectivity index (χ2n) is 5.29. The van der Waals surface area contributed by atoms with Crippen molar-refractivity contribution in [1.82, 2.24) is 0 Å². The maximum absolute atomic E-state index is 11.6. The lowest BCUT2D eigenvalue weighted by Gasteiger charge is -2.25. The standard InChI is InChI=1S/C14H26O4/c1-4-5-8-11-14(2,3)18-13(17)10-7-6-9-12(15)16/h4-11H2,1-3H3,(H,15,16). The van der Waals surface area contributed by atoms with Gasteiger partial charge < -0.3 is 9.84 Å². The largest absolute Gasteiger partial charge is 0.481 e. The van der Waals surface area contributed by atoms with Gasteiger partial charge in [0, 0.05) is 12.8 Å². The van der Waals surface area contributed by atoms with E-state index in [4.69, 9.17) is 9.84 Å². The van der Waals surface area contributed by atoms with Crippen molar-refractivity contribution in [3.63, 3.8) is 0 Å². The number of esters is 1. The Morgan fingerprint density at radius 2 is 1.67 bits per heavy atom. The molecule has 1 N–H and O–H groups in total. The van der Waals surface area contributed by atoms with E-state index in [1.54, 1.807) is 0 Å². The SMILES string of the molecule is CCCCCC(C)(C)OC(=O)CCCCC(=O)O. The van der Waals surface area contributed by atoms with Crippen LogP contribution in [0.4, 0.5) is 0 Å². The Kier molecular flexibility index (Phi) is 8.42. The Morgan fingerprint density at radius 1 is 1.06 bits per heavy atom. The van der Waals surface area contributed by atoms with Gasteiger partial charge in [-0.05, 0) is 39.5 Å². The minimum Gasteiger partial charge on any atom is -0.481 e. The number of carbonyl (C=O) groups excluding carboxylic acids is 1. The molecule has 4 nitrogen and oxygen atoms in total. The highest BCUT2D eigenvalue weighted by Crippen LogP contribution is 2.19. The summed E-state index contributed by atoms with van der Waals surface area (Å²) >= 11 is 0. The van der Waals surface area contributed by atoms with Crippen LogP contribution in [0.25, 0.3) is 0 Å². The molecule has 0 aliphatic rings. The fraction of sp³-hybridized carbons (Fsp3) is 0.857. The van der Waals surface area contributed by atoms with Gasteiger partial charge in [0.05, 0.1) is 0 Å². The molecule has 0 radical (unpaired) electrons. The van der Waals surface area contributed by atoms with Gasteiger partial charge in [-0.1, -0.05) is 19.8 Å². The lowest BCUT2D eigenvalue weighted by Crippen LogP contribution is -2.27. The van der Waals surface area contributed by atoms with Crippen LogP contribution in [0.3, 0.4) is 0 Å². The molecule has 0 rings (SSSR count). The fourth-order valence-corrected chi connectivity index (χ4v) is 1.76. The third-order valence-corrected chi connectivity index (χ3v) is 2.79.